The Morgan fingerprint density at radius 2 is 1.57 bits per heavy atom. The standard InChI is InChI=1S/C29H16Cl2N2O4/c30-20-10-12-26-24(15-20)33-28(36-26)19-9-11-22(31)23(14-19)32-27(34)17-7-5-16(6-8-17)21-13-18-3-1-2-4-25(18)37-29(21)35/h1-15H,(H,32,34). The van der Waals surface area contributed by atoms with Gasteiger partial charge in [-0.05, 0) is 66.2 Å². The Morgan fingerprint density at radius 3 is 2.41 bits per heavy atom. The molecule has 6 nitrogen and oxygen atoms in total. The summed E-state index contributed by atoms with van der Waals surface area (Å²) in [6.07, 6.45) is 0. The number of rotatable bonds is 4. The van der Waals surface area contributed by atoms with Crippen LogP contribution in [0.2, 0.25) is 10.0 Å². The Morgan fingerprint density at radius 1 is 0.784 bits per heavy atom. The van der Waals surface area contributed by atoms with Crippen LogP contribution in [-0.4, -0.2) is 10.9 Å². The van der Waals surface area contributed by atoms with E-state index in [4.69, 9.17) is 32.0 Å². The van der Waals surface area contributed by atoms with Crippen LogP contribution in [0.25, 0.3) is 44.7 Å². The highest BCUT2D eigenvalue weighted by molar-refractivity contribution is 6.34. The molecule has 0 saturated carbocycles. The lowest BCUT2D eigenvalue weighted by molar-refractivity contribution is 0.102. The fourth-order valence-electron chi connectivity index (χ4n) is 4.04. The van der Waals surface area contributed by atoms with Gasteiger partial charge in [0.2, 0.25) is 5.89 Å². The van der Waals surface area contributed by atoms with Gasteiger partial charge in [0.1, 0.15) is 11.1 Å². The minimum atomic E-state index is -0.444. The van der Waals surface area contributed by atoms with E-state index >= 15 is 0 Å². The smallest absolute Gasteiger partial charge is 0.344 e. The van der Waals surface area contributed by atoms with Crippen LogP contribution in [-0.2, 0) is 0 Å². The van der Waals surface area contributed by atoms with E-state index in [2.05, 4.69) is 10.3 Å². The minimum absolute atomic E-state index is 0.361. The molecule has 0 atom stereocenters. The van der Waals surface area contributed by atoms with Crippen LogP contribution in [0, 0.1) is 0 Å². The van der Waals surface area contributed by atoms with Crippen LogP contribution >= 0.6 is 23.2 Å². The molecule has 0 spiro atoms. The van der Waals surface area contributed by atoms with E-state index in [1.54, 1.807) is 72.8 Å². The van der Waals surface area contributed by atoms with Gasteiger partial charge in [-0.1, -0.05) is 53.5 Å². The third-order valence-electron chi connectivity index (χ3n) is 5.91. The molecule has 1 amide bonds. The van der Waals surface area contributed by atoms with E-state index in [9.17, 15) is 9.59 Å². The molecule has 0 aliphatic heterocycles. The first kappa shape index (κ1) is 23.0. The van der Waals surface area contributed by atoms with E-state index in [0.717, 1.165) is 5.39 Å². The number of nitrogens with one attached hydrogen (secondary N) is 1. The number of carbonyl (C=O) groups is 1. The monoisotopic (exact) mass is 526 g/mol. The summed E-state index contributed by atoms with van der Waals surface area (Å²) in [6.45, 7) is 0. The summed E-state index contributed by atoms with van der Waals surface area (Å²) in [5, 5.41) is 4.57. The predicted molar refractivity (Wildman–Crippen MR) is 145 cm³/mol. The van der Waals surface area contributed by atoms with Crippen molar-refractivity contribution in [2.24, 2.45) is 0 Å². The first-order valence-electron chi connectivity index (χ1n) is 11.3. The molecule has 0 saturated heterocycles. The number of aromatic nitrogens is 1. The van der Waals surface area contributed by atoms with Gasteiger partial charge in [-0.3, -0.25) is 4.79 Å². The Balaban J connectivity index is 1.26. The predicted octanol–water partition coefficient (Wildman–Crippen LogP) is 7.83. The highest BCUT2D eigenvalue weighted by Gasteiger charge is 2.14. The molecule has 2 aromatic heterocycles. The maximum absolute atomic E-state index is 13.0. The quantitative estimate of drug-likeness (QED) is 0.236. The van der Waals surface area contributed by atoms with Crippen molar-refractivity contribution in [3.63, 3.8) is 0 Å². The van der Waals surface area contributed by atoms with Crippen molar-refractivity contribution in [3.05, 3.63) is 117 Å². The number of para-hydroxylation sites is 1. The van der Waals surface area contributed by atoms with Gasteiger partial charge in [0.05, 0.1) is 16.3 Å². The SMILES string of the molecule is O=C(Nc1cc(-c2nc3cc(Cl)ccc3o2)ccc1Cl)c1ccc(-c2cc3ccccc3oc2=O)cc1. The molecule has 0 aliphatic rings. The van der Waals surface area contributed by atoms with Crippen LogP contribution in [0.5, 0.6) is 0 Å². The van der Waals surface area contributed by atoms with E-state index in [0.29, 0.717) is 60.6 Å². The maximum atomic E-state index is 13.0. The van der Waals surface area contributed by atoms with E-state index < -0.39 is 5.63 Å². The summed E-state index contributed by atoms with van der Waals surface area (Å²) in [6, 6.07) is 26.1. The second kappa shape index (κ2) is 9.24. The van der Waals surface area contributed by atoms with Crippen molar-refractivity contribution in [1.82, 2.24) is 4.98 Å². The summed E-state index contributed by atoms with van der Waals surface area (Å²) in [7, 11) is 0. The summed E-state index contributed by atoms with van der Waals surface area (Å²) in [5.74, 6) is 0.0171. The minimum Gasteiger partial charge on any atom is -0.436 e. The third kappa shape index (κ3) is 4.48. The van der Waals surface area contributed by atoms with Crippen molar-refractivity contribution in [2.45, 2.75) is 0 Å². The summed E-state index contributed by atoms with van der Waals surface area (Å²) in [5.41, 5.74) is 3.81. The molecular weight excluding hydrogens is 511 g/mol. The van der Waals surface area contributed by atoms with Gasteiger partial charge in [0.15, 0.2) is 5.58 Å². The van der Waals surface area contributed by atoms with E-state index in [1.165, 1.54) is 0 Å². The largest absolute Gasteiger partial charge is 0.436 e. The Labute approximate surface area is 220 Å². The number of hydrogen-bond donors (Lipinski definition) is 1. The topological polar surface area (TPSA) is 85.3 Å². The second-order valence-electron chi connectivity index (χ2n) is 8.34. The lowest BCUT2D eigenvalue weighted by Gasteiger charge is -2.09. The molecule has 0 bridgehead atoms. The lowest BCUT2D eigenvalue weighted by atomic mass is 10.0. The van der Waals surface area contributed by atoms with Gasteiger partial charge in [-0.15, -0.1) is 0 Å². The number of hydrogen-bond acceptors (Lipinski definition) is 5. The average Bonchev–Trinajstić information content (AvgIpc) is 3.33. The maximum Gasteiger partial charge on any atom is 0.344 e. The first-order chi connectivity index (χ1) is 17.9. The molecule has 8 heteroatoms. The number of nitrogens with zero attached hydrogens (tertiary/aromatic N) is 1. The van der Waals surface area contributed by atoms with Crippen LogP contribution in [0.3, 0.4) is 0 Å². The summed E-state index contributed by atoms with van der Waals surface area (Å²) < 4.78 is 11.2. The average molecular weight is 527 g/mol. The molecule has 180 valence electrons. The van der Waals surface area contributed by atoms with Crippen molar-refractivity contribution >= 4 is 56.9 Å². The normalized spacial score (nSPS) is 11.2. The fourth-order valence-corrected chi connectivity index (χ4v) is 4.37. The molecule has 1 N–H and O–H groups in total. The molecule has 0 fully saturated rings. The molecule has 6 rings (SSSR count). The number of carbonyl (C=O) groups excluding carboxylic acids is 1. The second-order valence-corrected chi connectivity index (χ2v) is 9.19. The van der Waals surface area contributed by atoms with Crippen molar-refractivity contribution in [3.8, 4) is 22.6 Å². The molecular formula is C29H16Cl2N2O4. The van der Waals surface area contributed by atoms with Gasteiger partial charge >= 0.3 is 5.63 Å². The Kier molecular flexibility index (Phi) is 5.75. The molecule has 0 radical (unpaired) electrons. The zero-order valence-electron chi connectivity index (χ0n) is 19.0. The molecule has 37 heavy (non-hydrogen) atoms. The third-order valence-corrected chi connectivity index (χ3v) is 6.48. The first-order valence-corrected chi connectivity index (χ1v) is 12.0. The zero-order chi connectivity index (χ0) is 25.5. The number of benzene rings is 4. The zero-order valence-corrected chi connectivity index (χ0v) is 20.5. The summed E-state index contributed by atoms with van der Waals surface area (Å²) >= 11 is 12.4. The van der Waals surface area contributed by atoms with E-state index in [1.807, 2.05) is 18.2 Å². The van der Waals surface area contributed by atoms with E-state index in [-0.39, 0.29) is 5.91 Å². The van der Waals surface area contributed by atoms with Crippen molar-refractivity contribution < 1.29 is 13.6 Å². The molecule has 0 unspecified atom stereocenters. The molecule has 4 aromatic carbocycles. The van der Waals surface area contributed by atoms with Crippen LogP contribution < -0.4 is 10.9 Å². The Bertz CT molecular complexity index is 1870. The molecule has 0 aliphatic carbocycles. The van der Waals surface area contributed by atoms with Crippen LogP contribution in [0.15, 0.2) is 105 Å². The molecule has 2 heterocycles. The van der Waals surface area contributed by atoms with Crippen molar-refractivity contribution in [1.29, 1.82) is 0 Å². The number of amides is 1. The van der Waals surface area contributed by atoms with Gasteiger partial charge in [-0.2, -0.15) is 0 Å². The lowest BCUT2D eigenvalue weighted by Crippen LogP contribution is -2.12. The highest BCUT2D eigenvalue weighted by Crippen LogP contribution is 2.31. The van der Waals surface area contributed by atoms with Gasteiger partial charge < -0.3 is 14.2 Å². The van der Waals surface area contributed by atoms with Crippen LogP contribution in [0.4, 0.5) is 5.69 Å². The number of halogens is 2. The van der Waals surface area contributed by atoms with Gasteiger partial charge in [0, 0.05) is 21.5 Å². The highest BCUT2D eigenvalue weighted by atomic mass is 35.5. The van der Waals surface area contributed by atoms with Gasteiger partial charge in [0.25, 0.3) is 5.91 Å². The number of oxazole rings is 1. The van der Waals surface area contributed by atoms with Gasteiger partial charge in [-0.25, -0.2) is 9.78 Å². The number of anilines is 1. The fraction of sp³-hybridized carbons (Fsp3) is 0. The molecule has 6 aromatic rings. The van der Waals surface area contributed by atoms with Crippen LogP contribution in [0.1, 0.15) is 10.4 Å². The number of fused-ring (bicyclic) bond motifs is 2. The Hall–Kier alpha value is -4.39. The van der Waals surface area contributed by atoms with Crippen molar-refractivity contribution in [2.75, 3.05) is 5.32 Å². The summed E-state index contributed by atoms with van der Waals surface area (Å²) in [4.78, 5) is 29.9.